The number of hydrogen-bond donors (Lipinski definition) is 1. The van der Waals surface area contributed by atoms with Gasteiger partial charge in [0.25, 0.3) is 0 Å². The first kappa shape index (κ1) is 11.9. The number of rotatable bonds is 1. The zero-order chi connectivity index (χ0) is 11.9. The van der Waals surface area contributed by atoms with Crippen molar-refractivity contribution in [2.75, 3.05) is 11.4 Å². The summed E-state index contributed by atoms with van der Waals surface area (Å²) in [6, 6.07) is 3.63. The van der Waals surface area contributed by atoms with Crippen LogP contribution in [-0.2, 0) is 4.79 Å². The fraction of sp³-hybridized carbons (Fsp3) is 0.364. The number of nitrogens with zero attached hydrogens (tertiary/aromatic N) is 1. The lowest BCUT2D eigenvalue weighted by Gasteiger charge is -2.18. The van der Waals surface area contributed by atoms with Gasteiger partial charge in [0, 0.05) is 28.5 Å². The largest absolute Gasteiger partial charge is 0.326 e. The van der Waals surface area contributed by atoms with E-state index in [-0.39, 0.29) is 11.9 Å². The van der Waals surface area contributed by atoms with Crippen molar-refractivity contribution in [3.63, 3.8) is 0 Å². The standard InChI is InChI=1S/C11H12BrClN2O/c1-6-2-8(12)10(4-9(6)13)15-5-7(14)3-11(15)16/h2,4,7H,3,5,14H2,1H3. The molecule has 3 nitrogen and oxygen atoms in total. The van der Waals surface area contributed by atoms with Crippen LogP contribution in [0.2, 0.25) is 5.02 Å². The Morgan fingerprint density at radius 2 is 2.25 bits per heavy atom. The van der Waals surface area contributed by atoms with E-state index in [1.165, 1.54) is 0 Å². The summed E-state index contributed by atoms with van der Waals surface area (Å²) in [5, 5.41) is 0.659. The van der Waals surface area contributed by atoms with E-state index in [1.807, 2.05) is 13.0 Å². The van der Waals surface area contributed by atoms with Crippen LogP contribution in [0.5, 0.6) is 0 Å². The Morgan fingerprint density at radius 1 is 1.56 bits per heavy atom. The first-order valence-electron chi connectivity index (χ1n) is 5.00. The first-order valence-corrected chi connectivity index (χ1v) is 6.17. The maximum Gasteiger partial charge on any atom is 0.228 e. The number of hydrogen-bond acceptors (Lipinski definition) is 2. The zero-order valence-corrected chi connectivity index (χ0v) is 11.2. The van der Waals surface area contributed by atoms with Crippen molar-refractivity contribution in [3.8, 4) is 0 Å². The Bertz CT molecular complexity index is 450. The molecule has 0 saturated carbocycles. The maximum absolute atomic E-state index is 11.7. The van der Waals surface area contributed by atoms with Crippen LogP contribution in [0.3, 0.4) is 0 Å². The molecule has 1 heterocycles. The van der Waals surface area contributed by atoms with E-state index in [1.54, 1.807) is 11.0 Å². The molecular weight excluding hydrogens is 291 g/mol. The Balaban J connectivity index is 2.41. The molecule has 1 aromatic carbocycles. The highest BCUT2D eigenvalue weighted by Crippen LogP contribution is 2.33. The van der Waals surface area contributed by atoms with Gasteiger partial charge in [-0.2, -0.15) is 0 Å². The number of amides is 1. The molecule has 0 radical (unpaired) electrons. The molecule has 0 aromatic heterocycles. The van der Waals surface area contributed by atoms with E-state index in [2.05, 4.69) is 15.9 Å². The lowest BCUT2D eigenvalue weighted by atomic mass is 10.2. The fourth-order valence-corrected chi connectivity index (χ4v) is 2.64. The van der Waals surface area contributed by atoms with Gasteiger partial charge >= 0.3 is 0 Å². The Labute approximate surface area is 108 Å². The molecule has 1 aliphatic rings. The smallest absolute Gasteiger partial charge is 0.228 e. The van der Waals surface area contributed by atoms with Crippen molar-refractivity contribution < 1.29 is 4.79 Å². The summed E-state index contributed by atoms with van der Waals surface area (Å²) >= 11 is 9.50. The molecule has 1 aliphatic heterocycles. The summed E-state index contributed by atoms with van der Waals surface area (Å²) < 4.78 is 0.872. The van der Waals surface area contributed by atoms with E-state index in [9.17, 15) is 4.79 Å². The van der Waals surface area contributed by atoms with Gasteiger partial charge in [0.05, 0.1) is 5.69 Å². The Kier molecular flexibility index (Phi) is 3.24. The van der Waals surface area contributed by atoms with Crippen LogP contribution < -0.4 is 10.6 Å². The van der Waals surface area contributed by atoms with Gasteiger partial charge in [0.1, 0.15) is 0 Å². The van der Waals surface area contributed by atoms with Crippen molar-refractivity contribution in [1.29, 1.82) is 0 Å². The second kappa shape index (κ2) is 4.35. The van der Waals surface area contributed by atoms with Crippen molar-refractivity contribution >= 4 is 39.1 Å². The van der Waals surface area contributed by atoms with Crippen LogP contribution in [0.15, 0.2) is 16.6 Å². The van der Waals surface area contributed by atoms with Crippen LogP contribution in [0.4, 0.5) is 5.69 Å². The van der Waals surface area contributed by atoms with Gasteiger partial charge in [0.2, 0.25) is 5.91 Å². The molecule has 1 saturated heterocycles. The Hall–Kier alpha value is -0.580. The molecule has 16 heavy (non-hydrogen) atoms. The van der Waals surface area contributed by atoms with Gasteiger partial charge in [-0.15, -0.1) is 0 Å². The van der Waals surface area contributed by atoms with Crippen molar-refractivity contribution in [3.05, 3.63) is 27.2 Å². The highest BCUT2D eigenvalue weighted by molar-refractivity contribution is 9.10. The quantitative estimate of drug-likeness (QED) is 0.866. The highest BCUT2D eigenvalue weighted by atomic mass is 79.9. The zero-order valence-electron chi connectivity index (χ0n) is 8.84. The summed E-state index contributed by atoms with van der Waals surface area (Å²) in [7, 11) is 0. The predicted molar refractivity (Wildman–Crippen MR) is 68.8 cm³/mol. The molecule has 0 aliphatic carbocycles. The van der Waals surface area contributed by atoms with Crippen LogP contribution in [0.1, 0.15) is 12.0 Å². The second-order valence-corrected chi connectivity index (χ2v) is 5.28. The third kappa shape index (κ3) is 2.10. The third-order valence-corrected chi connectivity index (χ3v) is 3.72. The van der Waals surface area contributed by atoms with Crippen LogP contribution >= 0.6 is 27.5 Å². The lowest BCUT2D eigenvalue weighted by Crippen LogP contribution is -2.28. The highest BCUT2D eigenvalue weighted by Gasteiger charge is 2.29. The normalized spacial score (nSPS) is 20.6. The minimum absolute atomic E-state index is 0.0492. The molecule has 86 valence electrons. The van der Waals surface area contributed by atoms with Gasteiger partial charge in [-0.25, -0.2) is 0 Å². The summed E-state index contributed by atoms with van der Waals surface area (Å²) in [5.74, 6) is 0.0492. The summed E-state index contributed by atoms with van der Waals surface area (Å²) in [5.41, 5.74) is 7.54. The molecule has 1 unspecified atom stereocenters. The second-order valence-electron chi connectivity index (χ2n) is 4.02. The van der Waals surface area contributed by atoms with Gasteiger partial charge in [0.15, 0.2) is 0 Å². The molecule has 0 bridgehead atoms. The van der Waals surface area contributed by atoms with E-state index in [0.29, 0.717) is 18.0 Å². The molecule has 1 fully saturated rings. The molecule has 2 N–H and O–H groups in total. The molecule has 5 heteroatoms. The average Bonchev–Trinajstić information content (AvgIpc) is 2.51. The topological polar surface area (TPSA) is 46.3 Å². The number of halogens is 2. The lowest BCUT2D eigenvalue weighted by molar-refractivity contribution is -0.117. The number of carbonyl (C=O) groups is 1. The van der Waals surface area contributed by atoms with Gasteiger partial charge in [-0.3, -0.25) is 4.79 Å². The number of anilines is 1. The molecule has 0 spiro atoms. The molecule has 1 aromatic rings. The van der Waals surface area contributed by atoms with Crippen molar-refractivity contribution in [2.45, 2.75) is 19.4 Å². The molecule has 2 rings (SSSR count). The van der Waals surface area contributed by atoms with E-state index >= 15 is 0 Å². The van der Waals surface area contributed by atoms with Crippen molar-refractivity contribution in [1.82, 2.24) is 0 Å². The van der Waals surface area contributed by atoms with E-state index in [4.69, 9.17) is 17.3 Å². The Morgan fingerprint density at radius 3 is 2.81 bits per heavy atom. The molecular formula is C11H12BrClN2O. The number of nitrogens with two attached hydrogens (primary N) is 1. The van der Waals surface area contributed by atoms with Crippen LogP contribution in [0, 0.1) is 6.92 Å². The summed E-state index contributed by atoms with van der Waals surface area (Å²) in [6.07, 6.45) is 0.401. The van der Waals surface area contributed by atoms with Gasteiger partial charge in [-0.1, -0.05) is 11.6 Å². The van der Waals surface area contributed by atoms with Crippen LogP contribution in [-0.4, -0.2) is 18.5 Å². The minimum Gasteiger partial charge on any atom is -0.326 e. The monoisotopic (exact) mass is 302 g/mol. The molecule has 1 atom stereocenters. The maximum atomic E-state index is 11.7. The summed E-state index contributed by atoms with van der Waals surface area (Å²) in [4.78, 5) is 13.4. The number of benzene rings is 1. The van der Waals surface area contributed by atoms with Gasteiger partial charge in [-0.05, 0) is 40.5 Å². The summed E-state index contributed by atoms with van der Waals surface area (Å²) in [6.45, 7) is 2.48. The number of carbonyl (C=O) groups excluding carboxylic acids is 1. The van der Waals surface area contributed by atoms with E-state index < -0.39 is 0 Å². The minimum atomic E-state index is -0.0838. The first-order chi connectivity index (χ1) is 7.49. The number of aryl methyl sites for hydroxylation is 1. The predicted octanol–water partition coefficient (Wildman–Crippen LogP) is 2.47. The van der Waals surface area contributed by atoms with Gasteiger partial charge < -0.3 is 10.6 Å². The van der Waals surface area contributed by atoms with Crippen molar-refractivity contribution in [2.24, 2.45) is 5.73 Å². The molecule has 1 amide bonds. The third-order valence-electron chi connectivity index (χ3n) is 2.67. The van der Waals surface area contributed by atoms with Crippen LogP contribution in [0.25, 0.3) is 0 Å². The SMILES string of the molecule is Cc1cc(Br)c(N2CC(N)CC2=O)cc1Cl. The van der Waals surface area contributed by atoms with E-state index in [0.717, 1.165) is 15.7 Å². The average molecular weight is 304 g/mol. The fourth-order valence-electron chi connectivity index (χ4n) is 1.81.